The third kappa shape index (κ3) is 5.03. The fourth-order valence-corrected chi connectivity index (χ4v) is 2.07. The van der Waals surface area contributed by atoms with Gasteiger partial charge in [0.15, 0.2) is 0 Å². The number of carboxylic acid groups (broad SMARTS) is 1. The minimum absolute atomic E-state index is 0.104. The van der Waals surface area contributed by atoms with Crippen LogP contribution in [-0.4, -0.2) is 33.9 Å². The van der Waals surface area contributed by atoms with Crippen LogP contribution in [0.5, 0.6) is 0 Å². The van der Waals surface area contributed by atoms with Gasteiger partial charge in [0, 0.05) is 32.1 Å². The molecule has 0 amide bonds. The number of carbonyl (C=O) groups is 1. The summed E-state index contributed by atoms with van der Waals surface area (Å²) in [4.78, 5) is 24.4. The Morgan fingerprint density at radius 2 is 2.00 bits per heavy atom. The first kappa shape index (κ1) is 16.2. The van der Waals surface area contributed by atoms with Gasteiger partial charge in [-0.1, -0.05) is 6.42 Å². The van der Waals surface area contributed by atoms with E-state index in [1.807, 2.05) is 13.8 Å². The van der Waals surface area contributed by atoms with Crippen molar-refractivity contribution in [3.8, 4) is 0 Å². The van der Waals surface area contributed by atoms with Gasteiger partial charge in [-0.15, -0.1) is 0 Å². The first-order valence-corrected chi connectivity index (χ1v) is 7.12. The minimum Gasteiger partial charge on any atom is -0.481 e. The molecule has 0 aliphatic rings. The van der Waals surface area contributed by atoms with Gasteiger partial charge in [-0.3, -0.25) is 9.59 Å². The van der Waals surface area contributed by atoms with Crippen LogP contribution in [0.1, 0.15) is 39.5 Å². The highest BCUT2D eigenvalue weighted by atomic mass is 16.4. The van der Waals surface area contributed by atoms with Crippen molar-refractivity contribution in [1.82, 2.24) is 9.78 Å². The highest BCUT2D eigenvalue weighted by Crippen LogP contribution is 2.08. The first-order chi connectivity index (χ1) is 9.58. The Hall–Kier alpha value is -1.85. The molecule has 6 heteroatoms. The molecule has 6 nitrogen and oxygen atoms in total. The molecule has 0 aliphatic heterocycles. The summed E-state index contributed by atoms with van der Waals surface area (Å²) in [5, 5.41) is 12.7. The van der Waals surface area contributed by atoms with Crippen LogP contribution in [0.2, 0.25) is 0 Å². The smallest absolute Gasteiger partial charge is 0.303 e. The van der Waals surface area contributed by atoms with Crippen molar-refractivity contribution in [2.45, 2.75) is 46.1 Å². The lowest BCUT2D eigenvalue weighted by molar-refractivity contribution is -0.137. The predicted octanol–water partition coefficient (Wildman–Crippen LogP) is 1.73. The molecule has 112 valence electrons. The quantitative estimate of drug-likeness (QED) is 0.698. The van der Waals surface area contributed by atoms with Crippen molar-refractivity contribution in [3.05, 3.63) is 22.6 Å². The Morgan fingerprint density at radius 1 is 1.30 bits per heavy atom. The monoisotopic (exact) mass is 281 g/mol. The maximum Gasteiger partial charge on any atom is 0.303 e. The van der Waals surface area contributed by atoms with Crippen LogP contribution >= 0.6 is 0 Å². The van der Waals surface area contributed by atoms with Crippen LogP contribution in [0.4, 0.5) is 5.69 Å². The predicted molar refractivity (Wildman–Crippen MR) is 78.2 cm³/mol. The van der Waals surface area contributed by atoms with Gasteiger partial charge in [0.1, 0.15) is 0 Å². The second kappa shape index (κ2) is 8.35. The zero-order valence-corrected chi connectivity index (χ0v) is 12.2. The molecular weight excluding hydrogens is 258 g/mol. The van der Waals surface area contributed by atoms with Crippen LogP contribution in [0.3, 0.4) is 0 Å². The van der Waals surface area contributed by atoms with Crippen molar-refractivity contribution < 1.29 is 9.90 Å². The van der Waals surface area contributed by atoms with E-state index in [0.717, 1.165) is 31.6 Å². The van der Waals surface area contributed by atoms with Gasteiger partial charge < -0.3 is 10.0 Å². The van der Waals surface area contributed by atoms with E-state index >= 15 is 0 Å². The summed E-state index contributed by atoms with van der Waals surface area (Å²) in [5.74, 6) is -0.774. The van der Waals surface area contributed by atoms with Gasteiger partial charge in [0.25, 0.3) is 5.56 Å². The maximum absolute atomic E-state index is 11.9. The number of carboxylic acids is 1. The Balaban J connectivity index is 2.52. The number of anilines is 1. The zero-order chi connectivity index (χ0) is 15.0. The Kier molecular flexibility index (Phi) is 6.76. The Bertz CT molecular complexity index is 481. The molecule has 0 saturated heterocycles. The number of rotatable bonds is 9. The summed E-state index contributed by atoms with van der Waals surface area (Å²) < 4.78 is 1.44. The van der Waals surface area contributed by atoms with E-state index in [1.54, 1.807) is 12.3 Å². The van der Waals surface area contributed by atoms with Crippen LogP contribution < -0.4 is 10.5 Å². The van der Waals surface area contributed by atoms with Crippen molar-refractivity contribution in [2.75, 3.05) is 18.0 Å². The first-order valence-electron chi connectivity index (χ1n) is 7.12. The summed E-state index contributed by atoms with van der Waals surface area (Å²) in [7, 11) is 0. The third-order valence-corrected chi connectivity index (χ3v) is 3.24. The maximum atomic E-state index is 11.9. The van der Waals surface area contributed by atoms with E-state index in [1.165, 1.54) is 4.68 Å². The summed E-state index contributed by atoms with van der Waals surface area (Å²) in [6, 6.07) is 1.61. The molecule has 1 aromatic rings. The van der Waals surface area contributed by atoms with E-state index in [-0.39, 0.29) is 12.0 Å². The van der Waals surface area contributed by atoms with Gasteiger partial charge in [0.2, 0.25) is 0 Å². The molecule has 0 aliphatic carbocycles. The van der Waals surface area contributed by atoms with Gasteiger partial charge in [-0.25, -0.2) is 4.68 Å². The molecule has 0 unspecified atom stereocenters. The summed E-state index contributed by atoms with van der Waals surface area (Å²) in [6.07, 6.45) is 4.10. The molecule has 0 radical (unpaired) electrons. The largest absolute Gasteiger partial charge is 0.481 e. The molecule has 0 bridgehead atoms. The highest BCUT2D eigenvalue weighted by Gasteiger charge is 2.05. The number of aryl methyl sites for hydroxylation is 1. The molecule has 1 heterocycles. The standard InChI is InChI=1S/C14H23N3O3/c1-3-16(4-2)12-10-13(18)17(15-11-12)9-7-5-6-8-14(19)20/h10-11H,3-9H2,1-2H3,(H,19,20). The average Bonchev–Trinajstić information content (AvgIpc) is 2.41. The van der Waals surface area contributed by atoms with E-state index < -0.39 is 5.97 Å². The number of hydrogen-bond donors (Lipinski definition) is 1. The lowest BCUT2D eigenvalue weighted by atomic mass is 10.2. The van der Waals surface area contributed by atoms with E-state index in [9.17, 15) is 9.59 Å². The van der Waals surface area contributed by atoms with Gasteiger partial charge in [-0.05, 0) is 26.7 Å². The number of aromatic nitrogens is 2. The molecular formula is C14H23N3O3. The Morgan fingerprint density at radius 3 is 2.55 bits per heavy atom. The van der Waals surface area contributed by atoms with E-state index in [0.29, 0.717) is 13.0 Å². The second-order valence-corrected chi connectivity index (χ2v) is 4.65. The van der Waals surface area contributed by atoms with E-state index in [2.05, 4.69) is 10.00 Å². The normalized spacial score (nSPS) is 10.5. The third-order valence-electron chi connectivity index (χ3n) is 3.24. The molecule has 20 heavy (non-hydrogen) atoms. The van der Waals surface area contributed by atoms with Crippen molar-refractivity contribution >= 4 is 11.7 Å². The molecule has 0 atom stereocenters. The fourth-order valence-electron chi connectivity index (χ4n) is 2.07. The van der Waals surface area contributed by atoms with Crippen LogP contribution in [0.25, 0.3) is 0 Å². The van der Waals surface area contributed by atoms with Crippen molar-refractivity contribution in [3.63, 3.8) is 0 Å². The van der Waals surface area contributed by atoms with Gasteiger partial charge in [0.05, 0.1) is 11.9 Å². The molecule has 1 aromatic heterocycles. The molecule has 1 rings (SSSR count). The second-order valence-electron chi connectivity index (χ2n) is 4.65. The molecule has 0 saturated carbocycles. The molecule has 0 aromatic carbocycles. The van der Waals surface area contributed by atoms with E-state index in [4.69, 9.17) is 5.11 Å². The van der Waals surface area contributed by atoms with Crippen molar-refractivity contribution in [1.29, 1.82) is 0 Å². The van der Waals surface area contributed by atoms with Gasteiger partial charge in [-0.2, -0.15) is 5.10 Å². The summed E-state index contributed by atoms with van der Waals surface area (Å²) in [6.45, 7) is 6.31. The molecule has 0 fully saturated rings. The van der Waals surface area contributed by atoms with Crippen molar-refractivity contribution in [2.24, 2.45) is 0 Å². The number of unbranched alkanes of at least 4 members (excludes halogenated alkanes) is 2. The van der Waals surface area contributed by atoms with Crippen LogP contribution in [0.15, 0.2) is 17.1 Å². The van der Waals surface area contributed by atoms with Crippen LogP contribution in [0, 0.1) is 0 Å². The zero-order valence-electron chi connectivity index (χ0n) is 12.2. The molecule has 1 N–H and O–H groups in total. The fraction of sp³-hybridized carbons (Fsp3) is 0.643. The summed E-state index contributed by atoms with van der Waals surface area (Å²) in [5.41, 5.74) is 0.745. The van der Waals surface area contributed by atoms with Crippen LogP contribution in [-0.2, 0) is 11.3 Å². The lowest BCUT2D eigenvalue weighted by Gasteiger charge is -2.20. The SMILES string of the molecule is CCN(CC)c1cnn(CCCCCC(=O)O)c(=O)c1. The van der Waals surface area contributed by atoms with Gasteiger partial charge >= 0.3 is 5.97 Å². The topological polar surface area (TPSA) is 75.4 Å². The number of hydrogen-bond acceptors (Lipinski definition) is 4. The lowest BCUT2D eigenvalue weighted by Crippen LogP contribution is -2.27. The number of nitrogens with zero attached hydrogens (tertiary/aromatic N) is 3. The minimum atomic E-state index is -0.774. The molecule has 0 spiro atoms. The highest BCUT2D eigenvalue weighted by molar-refractivity contribution is 5.66. The average molecular weight is 281 g/mol. The Labute approximate surface area is 119 Å². The summed E-state index contributed by atoms with van der Waals surface area (Å²) >= 11 is 0. The number of aliphatic carboxylic acids is 1.